The molecule has 1 saturated carbocycles. The summed E-state index contributed by atoms with van der Waals surface area (Å²) >= 11 is 0. The van der Waals surface area contributed by atoms with Crippen LogP contribution >= 0.6 is 12.4 Å². The summed E-state index contributed by atoms with van der Waals surface area (Å²) in [5.41, 5.74) is 5.94. The lowest BCUT2D eigenvalue weighted by Crippen LogP contribution is -2.51. The van der Waals surface area contributed by atoms with Crippen LogP contribution in [-0.2, 0) is 9.84 Å². The number of nitrogens with one attached hydrogen (secondary N) is 1. The third-order valence-corrected chi connectivity index (χ3v) is 5.00. The molecule has 2 rings (SSSR count). The van der Waals surface area contributed by atoms with Crippen molar-refractivity contribution in [2.24, 2.45) is 5.73 Å². The minimum atomic E-state index is -3.24. The fourth-order valence-electron chi connectivity index (χ4n) is 2.60. The van der Waals surface area contributed by atoms with Gasteiger partial charge in [0.2, 0.25) is 0 Å². The molecule has 3 N–H and O–H groups in total. The molecule has 0 saturated heterocycles. The maximum Gasteiger partial charge on any atom is 0.251 e. The Morgan fingerprint density at radius 3 is 2.19 bits per heavy atom. The highest BCUT2D eigenvalue weighted by Gasteiger charge is 2.34. The highest BCUT2D eigenvalue weighted by atomic mass is 35.5. The highest BCUT2D eigenvalue weighted by molar-refractivity contribution is 7.90. The van der Waals surface area contributed by atoms with E-state index in [2.05, 4.69) is 5.32 Å². The van der Waals surface area contributed by atoms with E-state index in [4.69, 9.17) is 5.73 Å². The van der Waals surface area contributed by atoms with Crippen LogP contribution in [0.3, 0.4) is 0 Å². The lowest BCUT2D eigenvalue weighted by atomic mass is 9.97. The molecular formula is C14H21ClN2O3S. The van der Waals surface area contributed by atoms with Gasteiger partial charge in [-0.2, -0.15) is 0 Å². The van der Waals surface area contributed by atoms with Crippen LogP contribution < -0.4 is 11.1 Å². The van der Waals surface area contributed by atoms with Crippen molar-refractivity contribution in [1.29, 1.82) is 0 Å². The molecule has 0 heterocycles. The van der Waals surface area contributed by atoms with E-state index < -0.39 is 9.84 Å². The Morgan fingerprint density at radius 1 is 1.24 bits per heavy atom. The average Bonchev–Trinajstić information content (AvgIpc) is 2.87. The molecule has 0 radical (unpaired) electrons. The average molecular weight is 333 g/mol. The van der Waals surface area contributed by atoms with Crippen molar-refractivity contribution in [2.75, 3.05) is 12.8 Å². The van der Waals surface area contributed by atoms with Crippen molar-refractivity contribution in [2.45, 2.75) is 36.1 Å². The molecule has 1 aliphatic carbocycles. The second kappa shape index (κ2) is 6.77. The number of rotatable bonds is 4. The number of hydrogen-bond acceptors (Lipinski definition) is 4. The summed E-state index contributed by atoms with van der Waals surface area (Å²) in [4.78, 5) is 12.4. The van der Waals surface area contributed by atoms with Gasteiger partial charge in [0.25, 0.3) is 5.91 Å². The zero-order valence-electron chi connectivity index (χ0n) is 12.0. The molecule has 1 aromatic rings. The van der Waals surface area contributed by atoms with Crippen LogP contribution in [0, 0.1) is 0 Å². The van der Waals surface area contributed by atoms with Crippen LogP contribution in [-0.4, -0.2) is 32.7 Å². The Labute approximate surface area is 131 Å². The smallest absolute Gasteiger partial charge is 0.251 e. The summed E-state index contributed by atoms with van der Waals surface area (Å²) in [6.45, 7) is 0.431. The quantitative estimate of drug-likeness (QED) is 0.874. The van der Waals surface area contributed by atoms with Gasteiger partial charge in [-0.1, -0.05) is 12.8 Å². The van der Waals surface area contributed by atoms with Crippen molar-refractivity contribution >= 4 is 28.2 Å². The van der Waals surface area contributed by atoms with Gasteiger partial charge in [-0.25, -0.2) is 8.42 Å². The van der Waals surface area contributed by atoms with E-state index in [1.54, 1.807) is 0 Å². The molecule has 0 aliphatic heterocycles. The summed E-state index contributed by atoms with van der Waals surface area (Å²) in [7, 11) is -3.24. The zero-order chi connectivity index (χ0) is 14.8. The molecular weight excluding hydrogens is 312 g/mol. The Balaban J connectivity index is 0.00000220. The third-order valence-electron chi connectivity index (χ3n) is 3.87. The van der Waals surface area contributed by atoms with E-state index in [9.17, 15) is 13.2 Å². The first kappa shape index (κ1) is 17.9. The van der Waals surface area contributed by atoms with Crippen molar-refractivity contribution in [3.8, 4) is 0 Å². The van der Waals surface area contributed by atoms with Crippen molar-refractivity contribution < 1.29 is 13.2 Å². The number of nitrogens with two attached hydrogens (primary N) is 1. The van der Waals surface area contributed by atoms with Crippen LogP contribution in [0.2, 0.25) is 0 Å². The second-order valence-corrected chi connectivity index (χ2v) is 7.46. The number of sulfone groups is 1. The minimum absolute atomic E-state index is 0. The molecule has 0 atom stereocenters. The fourth-order valence-corrected chi connectivity index (χ4v) is 3.23. The van der Waals surface area contributed by atoms with E-state index in [0.717, 1.165) is 31.9 Å². The van der Waals surface area contributed by atoms with Gasteiger partial charge < -0.3 is 11.1 Å². The van der Waals surface area contributed by atoms with E-state index in [1.165, 1.54) is 24.3 Å². The van der Waals surface area contributed by atoms with Gasteiger partial charge >= 0.3 is 0 Å². The molecule has 0 aromatic heterocycles. The maximum atomic E-state index is 12.2. The molecule has 1 aliphatic rings. The van der Waals surface area contributed by atoms with Gasteiger partial charge in [-0.15, -0.1) is 12.4 Å². The third kappa shape index (κ3) is 4.18. The number of benzene rings is 1. The number of amides is 1. The molecule has 1 fully saturated rings. The molecule has 5 nitrogen and oxygen atoms in total. The first-order valence-electron chi connectivity index (χ1n) is 6.69. The number of halogens is 1. The van der Waals surface area contributed by atoms with Crippen molar-refractivity contribution in [1.82, 2.24) is 5.32 Å². The van der Waals surface area contributed by atoms with Gasteiger partial charge in [-0.3, -0.25) is 4.79 Å². The van der Waals surface area contributed by atoms with Crippen LogP contribution in [0.15, 0.2) is 29.2 Å². The predicted molar refractivity (Wildman–Crippen MR) is 84.5 cm³/mol. The second-order valence-electron chi connectivity index (χ2n) is 5.44. The van der Waals surface area contributed by atoms with Gasteiger partial charge in [0.1, 0.15) is 0 Å². The van der Waals surface area contributed by atoms with E-state index in [1.807, 2.05) is 0 Å². The first-order chi connectivity index (χ1) is 9.36. The van der Waals surface area contributed by atoms with Crippen LogP contribution in [0.25, 0.3) is 0 Å². The Hall–Kier alpha value is -1.11. The number of hydrogen-bond donors (Lipinski definition) is 2. The van der Waals surface area contributed by atoms with Crippen LogP contribution in [0.1, 0.15) is 36.0 Å². The molecule has 21 heavy (non-hydrogen) atoms. The lowest BCUT2D eigenvalue weighted by molar-refractivity contribution is 0.0903. The monoisotopic (exact) mass is 332 g/mol. The molecule has 0 unspecified atom stereocenters. The van der Waals surface area contributed by atoms with E-state index >= 15 is 0 Å². The van der Waals surface area contributed by atoms with E-state index in [0.29, 0.717) is 12.1 Å². The lowest BCUT2D eigenvalue weighted by Gasteiger charge is -2.28. The molecule has 1 aromatic carbocycles. The van der Waals surface area contributed by atoms with Crippen molar-refractivity contribution in [3.63, 3.8) is 0 Å². The number of carbonyl (C=O) groups excluding carboxylic acids is 1. The van der Waals surface area contributed by atoms with E-state index in [-0.39, 0.29) is 28.7 Å². The Morgan fingerprint density at radius 2 is 1.76 bits per heavy atom. The van der Waals surface area contributed by atoms with Crippen LogP contribution in [0.5, 0.6) is 0 Å². The predicted octanol–water partition coefficient (Wildman–Crippen LogP) is 1.51. The number of carbonyl (C=O) groups is 1. The normalized spacial score (nSPS) is 17.0. The van der Waals surface area contributed by atoms with Gasteiger partial charge in [0.05, 0.1) is 10.4 Å². The largest absolute Gasteiger partial charge is 0.345 e. The molecule has 0 spiro atoms. The molecule has 1 amide bonds. The Kier molecular flexibility index (Phi) is 5.78. The molecule has 118 valence electrons. The standard InChI is InChI=1S/C14H20N2O3S.ClH/c1-20(18,19)12-6-4-11(5-7-12)13(17)16-14(10-15)8-2-3-9-14;/h4-7H,2-3,8-10,15H2,1H3,(H,16,17);1H. The summed E-state index contributed by atoms with van der Waals surface area (Å²) in [6, 6.07) is 5.97. The Bertz CT molecular complexity index is 593. The van der Waals surface area contributed by atoms with Gasteiger partial charge in [-0.05, 0) is 37.1 Å². The minimum Gasteiger partial charge on any atom is -0.345 e. The summed E-state index contributed by atoms with van der Waals surface area (Å²) in [5, 5.41) is 3.00. The summed E-state index contributed by atoms with van der Waals surface area (Å²) in [5.74, 6) is -0.197. The first-order valence-corrected chi connectivity index (χ1v) is 8.58. The summed E-state index contributed by atoms with van der Waals surface area (Å²) in [6.07, 6.45) is 5.09. The SMILES string of the molecule is CS(=O)(=O)c1ccc(C(=O)NC2(CN)CCCC2)cc1.Cl. The molecule has 7 heteroatoms. The van der Waals surface area contributed by atoms with Crippen LogP contribution in [0.4, 0.5) is 0 Å². The molecule has 0 bridgehead atoms. The highest BCUT2D eigenvalue weighted by Crippen LogP contribution is 2.29. The zero-order valence-corrected chi connectivity index (χ0v) is 13.6. The summed E-state index contributed by atoms with van der Waals surface area (Å²) < 4.78 is 22.7. The topological polar surface area (TPSA) is 89.3 Å². The maximum absolute atomic E-state index is 12.2. The van der Waals surface area contributed by atoms with Gasteiger partial charge in [0, 0.05) is 18.4 Å². The van der Waals surface area contributed by atoms with Crippen molar-refractivity contribution in [3.05, 3.63) is 29.8 Å². The van der Waals surface area contributed by atoms with Gasteiger partial charge in [0.15, 0.2) is 9.84 Å². The fraction of sp³-hybridized carbons (Fsp3) is 0.500.